The lowest BCUT2D eigenvalue weighted by atomic mass is 10.2. The largest absolute Gasteiger partial charge is 0.326 e. The molecule has 0 aliphatic heterocycles. The van der Waals surface area contributed by atoms with Gasteiger partial charge in [0.05, 0.1) is 20.6 Å². The van der Waals surface area contributed by atoms with Crippen LogP contribution in [0.25, 0.3) is 0 Å². The van der Waals surface area contributed by atoms with Gasteiger partial charge in [-0.2, -0.15) is 0 Å². The average molecular weight is 349 g/mol. The first-order valence-corrected chi connectivity index (χ1v) is 8.04. The Labute approximate surface area is 131 Å². The Balaban J connectivity index is 2.37. The normalized spacial score (nSPS) is 11.4. The number of benzene rings is 2. The Morgan fingerprint density at radius 1 is 1.10 bits per heavy atom. The Morgan fingerprint density at radius 2 is 1.62 bits per heavy atom. The summed E-state index contributed by atoms with van der Waals surface area (Å²) < 4.78 is 39.8. The molecule has 0 unspecified atom stereocenters. The van der Waals surface area contributed by atoms with Crippen LogP contribution >= 0.6 is 23.2 Å². The third kappa shape index (κ3) is 3.65. The van der Waals surface area contributed by atoms with Crippen LogP contribution in [0, 0.1) is 5.82 Å². The lowest BCUT2D eigenvalue weighted by Crippen LogP contribution is -2.14. The fourth-order valence-corrected chi connectivity index (χ4v) is 3.41. The van der Waals surface area contributed by atoms with Gasteiger partial charge in [-0.3, -0.25) is 4.72 Å². The molecule has 8 heteroatoms. The second-order valence-electron chi connectivity index (χ2n) is 4.20. The van der Waals surface area contributed by atoms with Gasteiger partial charge < -0.3 is 5.73 Å². The summed E-state index contributed by atoms with van der Waals surface area (Å²) in [5, 5.41) is -0.246. The van der Waals surface area contributed by atoms with Gasteiger partial charge in [-0.05, 0) is 29.8 Å². The van der Waals surface area contributed by atoms with E-state index >= 15 is 0 Å². The van der Waals surface area contributed by atoms with E-state index in [4.69, 9.17) is 28.9 Å². The molecule has 0 saturated carbocycles. The molecule has 0 atom stereocenters. The number of rotatable bonds is 4. The highest BCUT2D eigenvalue weighted by molar-refractivity contribution is 7.92. The number of nitrogens with two attached hydrogens (primary N) is 1. The lowest BCUT2D eigenvalue weighted by molar-refractivity contribution is 0.601. The zero-order chi connectivity index (χ0) is 15.6. The van der Waals surface area contributed by atoms with E-state index in [1.807, 2.05) is 0 Å². The van der Waals surface area contributed by atoms with Crippen molar-refractivity contribution >= 4 is 38.9 Å². The fraction of sp³-hybridized carbons (Fsp3) is 0.0769. The molecule has 0 heterocycles. The van der Waals surface area contributed by atoms with Crippen LogP contribution in [0.2, 0.25) is 10.0 Å². The summed E-state index contributed by atoms with van der Waals surface area (Å²) >= 11 is 11.6. The number of nitrogens with one attached hydrogen (secondary N) is 1. The van der Waals surface area contributed by atoms with Gasteiger partial charge in [0, 0.05) is 6.54 Å². The van der Waals surface area contributed by atoms with Crippen molar-refractivity contribution in [2.24, 2.45) is 5.73 Å². The number of halogens is 3. The van der Waals surface area contributed by atoms with Gasteiger partial charge in [0.1, 0.15) is 5.82 Å². The maximum absolute atomic E-state index is 13.1. The predicted molar refractivity (Wildman–Crippen MR) is 81.6 cm³/mol. The SMILES string of the molecule is NCc1ccc(S(=O)(=O)Nc2c(Cl)cc(F)cc2Cl)cc1. The molecule has 0 amide bonds. The van der Waals surface area contributed by atoms with E-state index in [0.717, 1.165) is 17.7 Å². The topological polar surface area (TPSA) is 72.2 Å². The van der Waals surface area contributed by atoms with E-state index in [1.165, 1.54) is 12.1 Å². The van der Waals surface area contributed by atoms with Crippen molar-refractivity contribution in [3.05, 3.63) is 57.8 Å². The smallest absolute Gasteiger partial charge is 0.261 e. The van der Waals surface area contributed by atoms with Gasteiger partial charge in [-0.15, -0.1) is 0 Å². The molecular weight excluding hydrogens is 338 g/mol. The van der Waals surface area contributed by atoms with Crippen molar-refractivity contribution < 1.29 is 12.8 Å². The third-order valence-electron chi connectivity index (χ3n) is 2.71. The average Bonchev–Trinajstić information content (AvgIpc) is 2.43. The zero-order valence-electron chi connectivity index (χ0n) is 10.6. The molecule has 21 heavy (non-hydrogen) atoms. The molecule has 0 aliphatic carbocycles. The molecule has 0 radical (unpaired) electrons. The third-order valence-corrected chi connectivity index (χ3v) is 4.67. The van der Waals surface area contributed by atoms with Gasteiger partial charge in [-0.1, -0.05) is 35.3 Å². The summed E-state index contributed by atoms with van der Waals surface area (Å²) in [5.74, 6) is -0.653. The molecule has 0 spiro atoms. The van der Waals surface area contributed by atoms with E-state index in [0.29, 0.717) is 6.54 Å². The van der Waals surface area contributed by atoms with Crippen LogP contribution in [0.4, 0.5) is 10.1 Å². The molecule has 0 aromatic heterocycles. The minimum atomic E-state index is -3.88. The molecule has 2 aromatic rings. The zero-order valence-corrected chi connectivity index (χ0v) is 12.9. The Kier molecular flexibility index (Phi) is 4.73. The number of sulfonamides is 1. The summed E-state index contributed by atoms with van der Waals surface area (Å²) in [4.78, 5) is 0.0242. The van der Waals surface area contributed by atoms with Crippen LogP contribution in [-0.2, 0) is 16.6 Å². The fourth-order valence-electron chi connectivity index (χ4n) is 1.64. The van der Waals surface area contributed by atoms with Gasteiger partial charge in [0.25, 0.3) is 10.0 Å². The Bertz CT molecular complexity index is 741. The van der Waals surface area contributed by atoms with Crippen LogP contribution in [-0.4, -0.2) is 8.42 Å². The molecule has 4 nitrogen and oxygen atoms in total. The summed E-state index contributed by atoms with van der Waals surface area (Å²) in [6.07, 6.45) is 0. The molecule has 0 bridgehead atoms. The molecule has 2 rings (SSSR count). The van der Waals surface area contributed by atoms with E-state index < -0.39 is 15.8 Å². The second kappa shape index (κ2) is 6.19. The molecule has 0 fully saturated rings. The van der Waals surface area contributed by atoms with Crippen LogP contribution < -0.4 is 10.5 Å². The molecule has 112 valence electrons. The number of hydrogen-bond donors (Lipinski definition) is 2. The second-order valence-corrected chi connectivity index (χ2v) is 6.69. The quantitative estimate of drug-likeness (QED) is 0.889. The summed E-state index contributed by atoms with van der Waals surface area (Å²) in [6.45, 7) is 0.309. The van der Waals surface area contributed by atoms with E-state index in [1.54, 1.807) is 12.1 Å². The van der Waals surface area contributed by atoms with Gasteiger partial charge in [-0.25, -0.2) is 12.8 Å². The first-order valence-electron chi connectivity index (χ1n) is 5.80. The summed E-state index contributed by atoms with van der Waals surface area (Å²) in [6, 6.07) is 7.97. The van der Waals surface area contributed by atoms with E-state index in [2.05, 4.69) is 4.72 Å². The van der Waals surface area contributed by atoms with Crippen LogP contribution in [0.15, 0.2) is 41.3 Å². The van der Waals surface area contributed by atoms with Crippen LogP contribution in [0.1, 0.15) is 5.56 Å². The molecule has 3 N–H and O–H groups in total. The standard InChI is InChI=1S/C13H11Cl2FN2O2S/c14-11-5-9(16)6-12(15)13(11)18-21(19,20)10-3-1-8(7-17)2-4-10/h1-6,18H,7,17H2. The summed E-state index contributed by atoms with van der Waals surface area (Å²) in [7, 11) is -3.88. The minimum absolute atomic E-state index is 0.0242. The van der Waals surface area contributed by atoms with Crippen molar-refractivity contribution in [1.29, 1.82) is 0 Å². The predicted octanol–water partition coefficient (Wildman–Crippen LogP) is 3.39. The highest BCUT2D eigenvalue weighted by Gasteiger charge is 2.18. The lowest BCUT2D eigenvalue weighted by Gasteiger charge is -2.11. The minimum Gasteiger partial charge on any atom is -0.326 e. The molecular formula is C13H11Cl2FN2O2S. The molecule has 0 saturated heterocycles. The van der Waals surface area contributed by atoms with E-state index in [9.17, 15) is 12.8 Å². The number of hydrogen-bond acceptors (Lipinski definition) is 3. The monoisotopic (exact) mass is 348 g/mol. The molecule has 2 aromatic carbocycles. The Hall–Kier alpha value is -1.34. The van der Waals surface area contributed by atoms with Crippen molar-refractivity contribution in [1.82, 2.24) is 0 Å². The van der Waals surface area contributed by atoms with Crippen molar-refractivity contribution in [2.75, 3.05) is 4.72 Å². The van der Waals surface area contributed by atoms with Gasteiger partial charge >= 0.3 is 0 Å². The maximum atomic E-state index is 13.1. The van der Waals surface area contributed by atoms with Crippen molar-refractivity contribution in [2.45, 2.75) is 11.4 Å². The summed E-state index contributed by atoms with van der Waals surface area (Å²) in [5.41, 5.74) is 6.18. The Morgan fingerprint density at radius 3 is 2.10 bits per heavy atom. The van der Waals surface area contributed by atoms with Crippen molar-refractivity contribution in [3.8, 4) is 0 Å². The van der Waals surface area contributed by atoms with Crippen LogP contribution in [0.5, 0.6) is 0 Å². The number of anilines is 1. The molecule has 0 aliphatic rings. The first kappa shape index (κ1) is 16.0. The van der Waals surface area contributed by atoms with Crippen molar-refractivity contribution in [3.63, 3.8) is 0 Å². The van der Waals surface area contributed by atoms with Gasteiger partial charge in [0.15, 0.2) is 0 Å². The maximum Gasteiger partial charge on any atom is 0.261 e. The highest BCUT2D eigenvalue weighted by atomic mass is 35.5. The van der Waals surface area contributed by atoms with Gasteiger partial charge in [0.2, 0.25) is 0 Å². The highest BCUT2D eigenvalue weighted by Crippen LogP contribution is 2.33. The van der Waals surface area contributed by atoms with Crippen LogP contribution in [0.3, 0.4) is 0 Å². The van der Waals surface area contributed by atoms with E-state index in [-0.39, 0.29) is 20.6 Å². The first-order chi connectivity index (χ1) is 9.83.